The lowest BCUT2D eigenvalue weighted by molar-refractivity contribution is -0.118. The van der Waals surface area contributed by atoms with Gasteiger partial charge >= 0.3 is 6.09 Å². The van der Waals surface area contributed by atoms with Crippen molar-refractivity contribution < 1.29 is 19.1 Å². The number of carbonyl (C=O) groups excluding carboxylic acids is 3. The molecule has 2 aliphatic heterocycles. The van der Waals surface area contributed by atoms with Crippen molar-refractivity contribution in [3.05, 3.63) is 64.7 Å². The maximum Gasteiger partial charge on any atom is 0.410 e. The first-order valence-electron chi connectivity index (χ1n) is 11.7. The number of ketones is 1. The summed E-state index contributed by atoms with van der Waals surface area (Å²) >= 11 is 0. The van der Waals surface area contributed by atoms with E-state index in [4.69, 9.17) is 4.74 Å². The molecule has 0 aliphatic carbocycles. The van der Waals surface area contributed by atoms with Gasteiger partial charge in [0.25, 0.3) is 0 Å². The topological polar surface area (TPSA) is 66.9 Å². The minimum atomic E-state index is -0.580. The number of aryl methyl sites for hydroxylation is 1. The first kappa shape index (κ1) is 23.0. The predicted octanol–water partition coefficient (Wildman–Crippen LogP) is 4.92. The van der Waals surface area contributed by atoms with Crippen LogP contribution in [0.3, 0.4) is 0 Å². The van der Waals surface area contributed by atoms with Crippen molar-refractivity contribution in [3.8, 4) is 0 Å². The summed E-state index contributed by atoms with van der Waals surface area (Å²) in [7, 11) is 0. The summed E-state index contributed by atoms with van der Waals surface area (Å²) in [6, 6.07) is 13.7. The molecule has 0 spiro atoms. The molecule has 2 amide bonds. The molecule has 2 aliphatic rings. The number of ether oxygens (including phenoxy) is 1. The summed E-state index contributed by atoms with van der Waals surface area (Å²) in [5, 5.41) is 0. The number of rotatable bonds is 7. The average molecular weight is 449 g/mol. The molecule has 0 fully saturated rings. The van der Waals surface area contributed by atoms with Crippen LogP contribution in [0.25, 0.3) is 0 Å². The van der Waals surface area contributed by atoms with Gasteiger partial charge in [-0.25, -0.2) is 4.79 Å². The second-order valence-corrected chi connectivity index (χ2v) is 9.85. The normalized spacial score (nSPS) is 14.8. The highest BCUT2D eigenvalue weighted by atomic mass is 16.6. The van der Waals surface area contributed by atoms with Gasteiger partial charge in [0.05, 0.1) is 5.69 Å². The van der Waals surface area contributed by atoms with Gasteiger partial charge in [-0.3, -0.25) is 9.59 Å². The zero-order chi connectivity index (χ0) is 23.6. The van der Waals surface area contributed by atoms with Gasteiger partial charge in [-0.1, -0.05) is 30.3 Å². The molecule has 2 aromatic rings. The van der Waals surface area contributed by atoms with E-state index in [1.807, 2.05) is 68.1 Å². The number of benzene rings is 2. The fourth-order valence-electron chi connectivity index (χ4n) is 4.56. The van der Waals surface area contributed by atoms with Crippen molar-refractivity contribution in [1.82, 2.24) is 4.90 Å². The van der Waals surface area contributed by atoms with Gasteiger partial charge in [-0.2, -0.15) is 0 Å². The minimum Gasteiger partial charge on any atom is -0.444 e. The number of Topliss-reactive ketones (excluding diaryl/α,β-unsaturated/α-hetero) is 1. The minimum absolute atomic E-state index is 0.0771. The molecule has 0 radical (unpaired) electrons. The predicted molar refractivity (Wildman–Crippen MR) is 127 cm³/mol. The molecule has 174 valence electrons. The van der Waals surface area contributed by atoms with Gasteiger partial charge in [0.2, 0.25) is 5.91 Å². The van der Waals surface area contributed by atoms with Gasteiger partial charge < -0.3 is 14.5 Å². The standard InChI is InChI=1S/C27H32N2O4/c1-27(2,3)33-26(32)28(18-19-8-5-4-6-9-19)14-7-10-23(30)22-16-20-11-12-24(31)29-15-13-21(17-22)25(20)29/h4-6,8-9,16-17H,7,10-15,18H2,1-3H3. The van der Waals surface area contributed by atoms with Crippen LogP contribution in [0.4, 0.5) is 10.5 Å². The lowest BCUT2D eigenvalue weighted by Gasteiger charge is -2.27. The number of hydrogen-bond acceptors (Lipinski definition) is 4. The van der Waals surface area contributed by atoms with E-state index < -0.39 is 5.60 Å². The van der Waals surface area contributed by atoms with Crippen molar-refractivity contribution in [1.29, 1.82) is 0 Å². The number of anilines is 1. The molecule has 0 unspecified atom stereocenters. The molecule has 2 aromatic carbocycles. The molecule has 0 aromatic heterocycles. The van der Waals surface area contributed by atoms with Crippen LogP contribution < -0.4 is 4.90 Å². The Hall–Kier alpha value is -3.15. The SMILES string of the molecule is CC(C)(C)OC(=O)N(CCCC(=O)c1cc2c3c(c1)CCN3C(=O)CC2)Cc1ccccc1. The maximum atomic E-state index is 13.0. The Morgan fingerprint density at radius 1 is 1.03 bits per heavy atom. The first-order chi connectivity index (χ1) is 15.7. The maximum absolute atomic E-state index is 13.0. The zero-order valence-corrected chi connectivity index (χ0v) is 19.7. The van der Waals surface area contributed by atoms with Crippen LogP contribution in [-0.2, 0) is 28.9 Å². The van der Waals surface area contributed by atoms with E-state index in [2.05, 4.69) is 0 Å². The molecule has 0 bridgehead atoms. The van der Waals surface area contributed by atoms with E-state index >= 15 is 0 Å². The van der Waals surface area contributed by atoms with Crippen molar-refractivity contribution >= 4 is 23.5 Å². The lowest BCUT2D eigenvalue weighted by Crippen LogP contribution is -2.37. The molecule has 6 heteroatoms. The van der Waals surface area contributed by atoms with Gasteiger partial charge in [0.1, 0.15) is 5.60 Å². The van der Waals surface area contributed by atoms with Gasteiger partial charge in [-0.15, -0.1) is 0 Å². The van der Waals surface area contributed by atoms with Crippen LogP contribution in [0.15, 0.2) is 42.5 Å². The highest BCUT2D eigenvalue weighted by Gasteiger charge is 2.32. The largest absolute Gasteiger partial charge is 0.444 e. The molecular formula is C27H32N2O4. The van der Waals surface area contributed by atoms with E-state index in [0.717, 1.165) is 28.8 Å². The number of nitrogens with zero attached hydrogens (tertiary/aromatic N) is 2. The Morgan fingerprint density at radius 3 is 2.42 bits per heavy atom. The van der Waals surface area contributed by atoms with Crippen LogP contribution in [0.5, 0.6) is 0 Å². The summed E-state index contributed by atoms with van der Waals surface area (Å²) in [6.45, 7) is 7.15. The molecule has 33 heavy (non-hydrogen) atoms. The Kier molecular flexibility index (Phi) is 6.54. The second kappa shape index (κ2) is 9.38. The van der Waals surface area contributed by atoms with Gasteiger partial charge in [-0.05, 0) is 68.9 Å². The van der Waals surface area contributed by atoms with Crippen molar-refractivity contribution in [3.63, 3.8) is 0 Å². The second-order valence-electron chi connectivity index (χ2n) is 9.85. The molecule has 4 rings (SSSR count). The van der Waals surface area contributed by atoms with E-state index in [1.54, 1.807) is 4.90 Å². The average Bonchev–Trinajstić information content (AvgIpc) is 3.20. The van der Waals surface area contributed by atoms with Crippen LogP contribution >= 0.6 is 0 Å². The Morgan fingerprint density at radius 2 is 1.73 bits per heavy atom. The summed E-state index contributed by atoms with van der Waals surface area (Å²) in [5.74, 6) is 0.259. The van der Waals surface area contributed by atoms with Crippen molar-refractivity contribution in [2.45, 2.75) is 65.0 Å². The highest BCUT2D eigenvalue weighted by Crippen LogP contribution is 2.37. The highest BCUT2D eigenvalue weighted by molar-refractivity contribution is 6.02. The quantitative estimate of drug-likeness (QED) is 0.564. The molecule has 0 N–H and O–H groups in total. The van der Waals surface area contributed by atoms with E-state index in [-0.39, 0.29) is 17.8 Å². The Balaban J connectivity index is 1.41. The van der Waals surface area contributed by atoms with Crippen LogP contribution in [0.1, 0.15) is 67.1 Å². The monoisotopic (exact) mass is 448 g/mol. The summed E-state index contributed by atoms with van der Waals surface area (Å²) < 4.78 is 5.59. The van der Waals surface area contributed by atoms with E-state index in [0.29, 0.717) is 50.9 Å². The van der Waals surface area contributed by atoms with Crippen LogP contribution in [0.2, 0.25) is 0 Å². The van der Waals surface area contributed by atoms with Gasteiger partial charge in [0.15, 0.2) is 5.78 Å². The number of hydrogen-bond donors (Lipinski definition) is 0. The third kappa shape index (κ3) is 5.44. The van der Waals surface area contributed by atoms with E-state index in [1.165, 1.54) is 0 Å². The zero-order valence-electron chi connectivity index (χ0n) is 19.7. The molecule has 0 saturated heterocycles. The lowest BCUT2D eigenvalue weighted by atomic mass is 9.94. The fourth-order valence-corrected chi connectivity index (χ4v) is 4.56. The Labute approximate surface area is 195 Å². The number of carbonyl (C=O) groups is 3. The molecule has 0 atom stereocenters. The first-order valence-corrected chi connectivity index (χ1v) is 11.7. The Bertz CT molecular complexity index is 1060. The molecule has 0 saturated carbocycles. The summed E-state index contributed by atoms with van der Waals surface area (Å²) in [6.07, 6.45) is 2.55. The third-order valence-corrected chi connectivity index (χ3v) is 6.07. The van der Waals surface area contributed by atoms with E-state index in [9.17, 15) is 14.4 Å². The van der Waals surface area contributed by atoms with Crippen LogP contribution in [-0.4, -0.2) is 41.4 Å². The van der Waals surface area contributed by atoms with Crippen molar-refractivity contribution in [2.75, 3.05) is 18.0 Å². The van der Waals surface area contributed by atoms with Crippen molar-refractivity contribution in [2.24, 2.45) is 0 Å². The fraction of sp³-hybridized carbons (Fsp3) is 0.444. The summed E-state index contributed by atoms with van der Waals surface area (Å²) in [5.41, 5.74) is 4.39. The summed E-state index contributed by atoms with van der Waals surface area (Å²) in [4.78, 5) is 41.4. The van der Waals surface area contributed by atoms with Crippen LogP contribution in [0, 0.1) is 0 Å². The molecular weight excluding hydrogens is 416 g/mol. The third-order valence-electron chi connectivity index (χ3n) is 6.07. The molecule has 2 heterocycles. The number of amides is 2. The smallest absolute Gasteiger partial charge is 0.410 e. The van der Waals surface area contributed by atoms with Gasteiger partial charge in [0, 0.05) is 38.0 Å². The molecule has 6 nitrogen and oxygen atoms in total.